The van der Waals surface area contributed by atoms with Crippen LogP contribution in [0, 0.1) is 0 Å². The van der Waals surface area contributed by atoms with Gasteiger partial charge in [0.25, 0.3) is 0 Å². The van der Waals surface area contributed by atoms with Gasteiger partial charge in [0.1, 0.15) is 11.3 Å². The Hall–Kier alpha value is -2.20. The van der Waals surface area contributed by atoms with E-state index in [-0.39, 0.29) is 0 Å². The van der Waals surface area contributed by atoms with Crippen LogP contribution in [0.1, 0.15) is 37.2 Å². The molecule has 2 aromatic heterocycles. The van der Waals surface area contributed by atoms with E-state index in [4.69, 9.17) is 4.98 Å². The fourth-order valence-corrected chi connectivity index (χ4v) is 3.65. The molecule has 3 heterocycles. The van der Waals surface area contributed by atoms with Gasteiger partial charge in [-0.2, -0.15) is 0 Å². The summed E-state index contributed by atoms with van der Waals surface area (Å²) in [6, 6.07) is 15.0. The maximum atomic E-state index is 4.95. The van der Waals surface area contributed by atoms with E-state index >= 15 is 0 Å². The minimum absolute atomic E-state index is 0.415. The number of hydrogen-bond acceptors (Lipinski definition) is 3. The van der Waals surface area contributed by atoms with Crippen LogP contribution in [0.5, 0.6) is 0 Å². The number of fused-ring (bicyclic) bond motifs is 1. The number of benzene rings is 1. The molecular weight excluding hydrogens is 284 g/mol. The summed E-state index contributed by atoms with van der Waals surface area (Å²) in [7, 11) is 0. The second kappa shape index (κ2) is 6.13. The lowest BCUT2D eigenvalue weighted by Crippen LogP contribution is -2.25. The highest BCUT2D eigenvalue weighted by atomic mass is 15.2. The van der Waals surface area contributed by atoms with Crippen LogP contribution in [0.25, 0.3) is 11.2 Å². The van der Waals surface area contributed by atoms with E-state index < -0.39 is 0 Å². The molecule has 0 spiro atoms. The molecule has 1 atom stereocenters. The molecule has 1 aromatic carbocycles. The second-order valence-corrected chi connectivity index (χ2v) is 6.17. The van der Waals surface area contributed by atoms with Gasteiger partial charge in [0, 0.05) is 6.20 Å². The van der Waals surface area contributed by atoms with Gasteiger partial charge in [0.15, 0.2) is 5.65 Å². The predicted molar refractivity (Wildman–Crippen MR) is 92.3 cm³/mol. The third kappa shape index (κ3) is 2.63. The molecule has 0 amide bonds. The molecule has 0 aliphatic carbocycles. The first-order valence-corrected chi connectivity index (χ1v) is 8.46. The summed E-state index contributed by atoms with van der Waals surface area (Å²) >= 11 is 0. The van der Waals surface area contributed by atoms with Crippen molar-refractivity contribution in [3.8, 4) is 0 Å². The number of hydrogen-bond donors (Lipinski definition) is 0. The van der Waals surface area contributed by atoms with Gasteiger partial charge >= 0.3 is 0 Å². The van der Waals surface area contributed by atoms with Crippen LogP contribution in [-0.2, 0) is 6.54 Å². The van der Waals surface area contributed by atoms with Gasteiger partial charge in [-0.05, 0) is 43.6 Å². The molecule has 3 aromatic rings. The van der Waals surface area contributed by atoms with Crippen molar-refractivity contribution in [2.24, 2.45) is 0 Å². The molecule has 0 radical (unpaired) electrons. The minimum Gasteiger partial charge on any atom is -0.307 e. The van der Waals surface area contributed by atoms with Crippen LogP contribution in [0.15, 0.2) is 48.7 Å². The molecule has 0 N–H and O–H groups in total. The largest absolute Gasteiger partial charge is 0.307 e. The Balaban J connectivity index is 1.81. The van der Waals surface area contributed by atoms with Crippen molar-refractivity contribution in [1.29, 1.82) is 0 Å². The van der Waals surface area contributed by atoms with Gasteiger partial charge < -0.3 is 4.57 Å². The lowest BCUT2D eigenvalue weighted by atomic mass is 10.2. The van der Waals surface area contributed by atoms with E-state index in [9.17, 15) is 0 Å². The van der Waals surface area contributed by atoms with Gasteiger partial charge in [-0.1, -0.05) is 37.3 Å². The number of nitrogens with zero attached hydrogens (tertiary/aromatic N) is 4. The average Bonchev–Trinajstić information content (AvgIpc) is 3.20. The van der Waals surface area contributed by atoms with Crippen molar-refractivity contribution in [3.63, 3.8) is 0 Å². The molecule has 0 bridgehead atoms. The zero-order chi connectivity index (χ0) is 15.6. The van der Waals surface area contributed by atoms with Crippen molar-refractivity contribution < 1.29 is 0 Å². The Morgan fingerprint density at radius 2 is 2.00 bits per heavy atom. The van der Waals surface area contributed by atoms with E-state index in [0.29, 0.717) is 6.04 Å². The number of pyridine rings is 1. The van der Waals surface area contributed by atoms with Gasteiger partial charge in [0.2, 0.25) is 0 Å². The van der Waals surface area contributed by atoms with Gasteiger partial charge in [-0.3, -0.25) is 4.90 Å². The van der Waals surface area contributed by atoms with Crippen LogP contribution in [-0.4, -0.2) is 32.5 Å². The highest BCUT2D eigenvalue weighted by Crippen LogP contribution is 2.32. The van der Waals surface area contributed by atoms with Crippen molar-refractivity contribution in [3.05, 3.63) is 60.0 Å². The quantitative estimate of drug-likeness (QED) is 0.738. The molecule has 4 rings (SSSR count). The van der Waals surface area contributed by atoms with Crippen LogP contribution in [0.2, 0.25) is 0 Å². The first-order chi connectivity index (χ1) is 11.4. The third-order valence-corrected chi connectivity index (χ3v) is 4.78. The first kappa shape index (κ1) is 14.4. The fraction of sp³-hybridized carbons (Fsp3) is 0.368. The summed E-state index contributed by atoms with van der Waals surface area (Å²) < 4.78 is 2.31. The summed E-state index contributed by atoms with van der Waals surface area (Å²) in [6.45, 7) is 5.31. The molecule has 1 unspecified atom stereocenters. The van der Waals surface area contributed by atoms with Crippen LogP contribution < -0.4 is 0 Å². The van der Waals surface area contributed by atoms with Gasteiger partial charge in [0.05, 0.1) is 12.6 Å². The number of aromatic nitrogens is 3. The smallest absolute Gasteiger partial charge is 0.160 e. The number of imidazole rings is 1. The Morgan fingerprint density at radius 3 is 2.83 bits per heavy atom. The SMILES string of the molecule is CCN1CCCC1c1nc2cccnc2n1Cc1ccccc1. The van der Waals surface area contributed by atoms with Crippen LogP contribution in [0.4, 0.5) is 0 Å². The Bertz CT molecular complexity index is 793. The van der Waals surface area contributed by atoms with E-state index in [2.05, 4.69) is 57.8 Å². The van der Waals surface area contributed by atoms with Gasteiger partial charge in [-0.15, -0.1) is 0 Å². The van der Waals surface area contributed by atoms with E-state index in [0.717, 1.165) is 24.3 Å². The number of likely N-dealkylation sites (tertiary alicyclic amines) is 1. The van der Waals surface area contributed by atoms with E-state index in [1.165, 1.54) is 30.8 Å². The highest BCUT2D eigenvalue weighted by Gasteiger charge is 2.29. The molecule has 1 aliphatic heterocycles. The van der Waals surface area contributed by atoms with Crippen molar-refractivity contribution in [2.45, 2.75) is 32.4 Å². The monoisotopic (exact) mass is 306 g/mol. The first-order valence-electron chi connectivity index (χ1n) is 8.46. The maximum absolute atomic E-state index is 4.95. The highest BCUT2D eigenvalue weighted by molar-refractivity contribution is 5.71. The minimum atomic E-state index is 0.415. The Kier molecular flexibility index (Phi) is 3.83. The second-order valence-electron chi connectivity index (χ2n) is 6.17. The van der Waals surface area contributed by atoms with Crippen molar-refractivity contribution >= 4 is 11.2 Å². The summed E-state index contributed by atoms with van der Waals surface area (Å²) in [5.41, 5.74) is 3.29. The summed E-state index contributed by atoms with van der Waals surface area (Å²) in [5, 5.41) is 0. The molecular formula is C19H22N4. The lowest BCUT2D eigenvalue weighted by molar-refractivity contribution is 0.258. The Morgan fingerprint density at radius 1 is 1.13 bits per heavy atom. The van der Waals surface area contributed by atoms with Crippen LogP contribution in [0.3, 0.4) is 0 Å². The van der Waals surface area contributed by atoms with Gasteiger partial charge in [-0.25, -0.2) is 9.97 Å². The molecule has 1 saturated heterocycles. The van der Waals surface area contributed by atoms with E-state index in [1.54, 1.807) is 0 Å². The maximum Gasteiger partial charge on any atom is 0.160 e. The molecule has 118 valence electrons. The zero-order valence-electron chi connectivity index (χ0n) is 13.5. The average molecular weight is 306 g/mol. The van der Waals surface area contributed by atoms with E-state index in [1.807, 2.05) is 12.3 Å². The normalized spacial score (nSPS) is 18.7. The predicted octanol–water partition coefficient (Wildman–Crippen LogP) is 3.64. The lowest BCUT2D eigenvalue weighted by Gasteiger charge is -2.23. The number of rotatable bonds is 4. The standard InChI is InChI=1S/C19H22N4/c1-2-22-13-7-11-17(22)19-21-16-10-6-12-20-18(16)23(19)14-15-8-4-3-5-9-15/h3-6,8-10,12,17H,2,7,11,13-14H2,1H3. The molecule has 1 aliphatic rings. The molecule has 4 heteroatoms. The molecule has 0 saturated carbocycles. The van der Waals surface area contributed by atoms with Crippen LogP contribution >= 0.6 is 0 Å². The third-order valence-electron chi connectivity index (χ3n) is 4.78. The molecule has 1 fully saturated rings. The zero-order valence-corrected chi connectivity index (χ0v) is 13.5. The molecule has 4 nitrogen and oxygen atoms in total. The topological polar surface area (TPSA) is 34.0 Å². The summed E-state index contributed by atoms with van der Waals surface area (Å²) in [6.07, 6.45) is 4.30. The summed E-state index contributed by atoms with van der Waals surface area (Å²) in [5.74, 6) is 1.17. The Labute approximate surface area is 136 Å². The van der Waals surface area contributed by atoms with Crippen molar-refractivity contribution in [1.82, 2.24) is 19.4 Å². The summed E-state index contributed by atoms with van der Waals surface area (Å²) in [4.78, 5) is 12.1. The fourth-order valence-electron chi connectivity index (χ4n) is 3.65. The van der Waals surface area contributed by atoms with Crippen molar-refractivity contribution in [2.75, 3.05) is 13.1 Å². The molecule has 23 heavy (non-hydrogen) atoms.